The molecule has 1 aromatic heterocycles. The lowest BCUT2D eigenvalue weighted by Gasteiger charge is -2.24. The number of aromatic nitrogens is 1. The third-order valence-corrected chi connectivity index (χ3v) is 8.00. The predicted molar refractivity (Wildman–Crippen MR) is 154 cm³/mol. The van der Waals surface area contributed by atoms with E-state index >= 15 is 0 Å². The van der Waals surface area contributed by atoms with Gasteiger partial charge >= 0.3 is 5.91 Å². The molecule has 1 amide bonds. The second-order valence-corrected chi connectivity index (χ2v) is 10.9. The van der Waals surface area contributed by atoms with Crippen molar-refractivity contribution in [1.82, 2.24) is 4.98 Å². The lowest BCUT2D eigenvalue weighted by molar-refractivity contribution is -0.132. The molecule has 2 aliphatic heterocycles. The maximum Gasteiger partial charge on any atom is 0.301 e. The first kappa shape index (κ1) is 26.2. The number of Topliss-reactive ketones (excluding diaryl/α,β-unsaturated/α-hetero) is 1. The number of ether oxygens (including phenoxy) is 3. The number of hydrogen-bond donors (Lipinski definition) is 1. The van der Waals surface area contributed by atoms with Crippen molar-refractivity contribution in [2.24, 2.45) is 0 Å². The summed E-state index contributed by atoms with van der Waals surface area (Å²) in [5, 5.41) is 12.4. The molecule has 3 heterocycles. The van der Waals surface area contributed by atoms with Crippen LogP contribution in [0.3, 0.4) is 0 Å². The van der Waals surface area contributed by atoms with Crippen LogP contribution in [0.25, 0.3) is 16.0 Å². The van der Waals surface area contributed by atoms with E-state index in [4.69, 9.17) is 25.8 Å². The maximum absolute atomic E-state index is 13.6. The molecule has 6 rings (SSSR count). The Hall–Kier alpha value is -4.08. The summed E-state index contributed by atoms with van der Waals surface area (Å²) in [6.45, 7) is 3.41. The van der Waals surface area contributed by atoms with E-state index < -0.39 is 17.7 Å². The van der Waals surface area contributed by atoms with E-state index in [2.05, 4.69) is 11.9 Å². The minimum absolute atomic E-state index is 0.0512. The van der Waals surface area contributed by atoms with E-state index in [1.165, 1.54) is 16.2 Å². The number of thiazole rings is 1. The average molecular weight is 577 g/mol. The zero-order valence-corrected chi connectivity index (χ0v) is 23.1. The van der Waals surface area contributed by atoms with Crippen LogP contribution in [0.1, 0.15) is 36.9 Å². The summed E-state index contributed by atoms with van der Waals surface area (Å²) in [7, 11) is 0. The van der Waals surface area contributed by atoms with Gasteiger partial charge in [0.1, 0.15) is 24.7 Å². The summed E-state index contributed by atoms with van der Waals surface area (Å²) in [4.78, 5) is 33.2. The Balaban J connectivity index is 1.50. The van der Waals surface area contributed by atoms with E-state index in [1.54, 1.807) is 54.6 Å². The second-order valence-electron chi connectivity index (χ2n) is 9.41. The van der Waals surface area contributed by atoms with Crippen molar-refractivity contribution in [2.75, 3.05) is 24.7 Å². The molecule has 0 saturated carbocycles. The predicted octanol–water partition coefficient (Wildman–Crippen LogP) is 6.53. The number of aliphatic hydroxyl groups excluding tert-OH is 1. The Bertz CT molecular complexity index is 1670. The normalized spacial score (nSPS) is 17.9. The van der Waals surface area contributed by atoms with Gasteiger partial charge in [0.15, 0.2) is 16.6 Å². The van der Waals surface area contributed by atoms with Crippen LogP contribution in [0.4, 0.5) is 5.13 Å². The van der Waals surface area contributed by atoms with Gasteiger partial charge in [-0.1, -0.05) is 48.4 Å². The van der Waals surface area contributed by atoms with Crippen LogP contribution in [0, 0.1) is 0 Å². The summed E-state index contributed by atoms with van der Waals surface area (Å²) in [5.41, 5.74) is 1.53. The molecule has 4 aromatic rings. The quantitative estimate of drug-likeness (QED) is 0.116. The molecule has 3 aromatic carbocycles. The molecule has 0 bridgehead atoms. The van der Waals surface area contributed by atoms with Crippen molar-refractivity contribution in [3.63, 3.8) is 0 Å². The molecule has 8 nitrogen and oxygen atoms in total. The van der Waals surface area contributed by atoms with Gasteiger partial charge in [0.25, 0.3) is 5.78 Å². The molecule has 10 heteroatoms. The zero-order chi connectivity index (χ0) is 27.8. The molecule has 0 spiro atoms. The first-order chi connectivity index (χ1) is 19.4. The van der Waals surface area contributed by atoms with Gasteiger partial charge in [0, 0.05) is 10.6 Å². The van der Waals surface area contributed by atoms with Crippen molar-refractivity contribution in [2.45, 2.75) is 25.8 Å². The molecule has 0 radical (unpaired) electrons. The van der Waals surface area contributed by atoms with Crippen LogP contribution in [-0.4, -0.2) is 41.6 Å². The van der Waals surface area contributed by atoms with Gasteiger partial charge in [-0.05, 0) is 60.5 Å². The standard InChI is InChI=1S/C30H25ClN2O6S/c1-2-3-11-37-20-6-4-5-17(14-20)26-25(27(34)18-7-10-22-23(15-18)39-13-12-38-22)28(35)29(36)33(26)30-32-21-9-8-19(31)16-24(21)40-30/h4-10,14-16,26,34H,2-3,11-13H2,1H3/b27-25+/t26-/m0/s1. The fraction of sp³-hybridized carbons (Fsp3) is 0.233. The minimum Gasteiger partial charge on any atom is -0.507 e. The number of anilines is 1. The summed E-state index contributed by atoms with van der Waals surface area (Å²) >= 11 is 7.43. The molecule has 1 atom stereocenters. The third-order valence-electron chi connectivity index (χ3n) is 6.75. The van der Waals surface area contributed by atoms with E-state index in [9.17, 15) is 14.7 Å². The number of benzene rings is 3. The summed E-state index contributed by atoms with van der Waals surface area (Å²) in [5.74, 6) is -0.310. The van der Waals surface area contributed by atoms with Gasteiger partial charge in [0.05, 0.1) is 28.4 Å². The van der Waals surface area contributed by atoms with Crippen molar-refractivity contribution in [3.05, 3.63) is 82.4 Å². The third kappa shape index (κ3) is 4.76. The molecule has 0 aliphatic carbocycles. The number of hydrogen-bond acceptors (Lipinski definition) is 8. The van der Waals surface area contributed by atoms with Crippen LogP contribution in [0.2, 0.25) is 5.02 Å². The average Bonchev–Trinajstić information content (AvgIpc) is 3.50. The van der Waals surface area contributed by atoms with Crippen LogP contribution >= 0.6 is 22.9 Å². The van der Waals surface area contributed by atoms with E-state index in [0.717, 1.165) is 17.5 Å². The monoisotopic (exact) mass is 576 g/mol. The molecule has 2 aliphatic rings. The zero-order valence-electron chi connectivity index (χ0n) is 21.6. The van der Waals surface area contributed by atoms with Crippen LogP contribution in [0.5, 0.6) is 17.2 Å². The highest BCUT2D eigenvalue weighted by atomic mass is 35.5. The number of ketones is 1. The molecule has 204 valence electrons. The number of amides is 1. The number of rotatable bonds is 7. The fourth-order valence-electron chi connectivity index (χ4n) is 4.79. The largest absolute Gasteiger partial charge is 0.507 e. The highest BCUT2D eigenvalue weighted by molar-refractivity contribution is 7.22. The van der Waals surface area contributed by atoms with Crippen LogP contribution in [-0.2, 0) is 9.59 Å². The summed E-state index contributed by atoms with van der Waals surface area (Å²) in [6, 6.07) is 16.4. The summed E-state index contributed by atoms with van der Waals surface area (Å²) in [6.07, 6.45) is 1.87. The smallest absolute Gasteiger partial charge is 0.301 e. The highest BCUT2D eigenvalue weighted by Gasteiger charge is 2.48. The van der Waals surface area contributed by atoms with Crippen molar-refractivity contribution < 1.29 is 28.9 Å². The lowest BCUT2D eigenvalue weighted by Crippen LogP contribution is -2.29. The van der Waals surface area contributed by atoms with Crippen LogP contribution < -0.4 is 19.1 Å². The number of unbranched alkanes of at least 4 members (excludes halogenated alkanes) is 1. The lowest BCUT2D eigenvalue weighted by atomic mass is 9.95. The summed E-state index contributed by atoms with van der Waals surface area (Å²) < 4.78 is 18.0. The number of nitrogens with zero attached hydrogens (tertiary/aromatic N) is 2. The molecule has 1 N–H and O–H groups in total. The number of aliphatic hydroxyl groups is 1. The molecule has 1 fully saturated rings. The topological polar surface area (TPSA) is 98.2 Å². The van der Waals surface area contributed by atoms with Crippen molar-refractivity contribution >= 4 is 55.7 Å². The first-order valence-electron chi connectivity index (χ1n) is 12.9. The van der Waals surface area contributed by atoms with Crippen LogP contribution in [0.15, 0.2) is 66.2 Å². The van der Waals surface area contributed by atoms with Crippen molar-refractivity contribution in [1.29, 1.82) is 0 Å². The Labute approximate surface area is 239 Å². The first-order valence-corrected chi connectivity index (χ1v) is 14.1. The highest BCUT2D eigenvalue weighted by Crippen LogP contribution is 2.45. The Morgan fingerprint density at radius 3 is 2.75 bits per heavy atom. The second kappa shape index (κ2) is 10.8. The molecule has 40 heavy (non-hydrogen) atoms. The van der Waals surface area contributed by atoms with Gasteiger partial charge in [0.2, 0.25) is 0 Å². The number of carbonyl (C=O) groups is 2. The number of carbonyl (C=O) groups excluding carboxylic acids is 2. The Morgan fingerprint density at radius 1 is 1.10 bits per heavy atom. The van der Waals surface area contributed by atoms with Gasteiger partial charge in [-0.15, -0.1) is 0 Å². The molecular formula is C30H25ClN2O6S. The van der Waals surface area contributed by atoms with Gasteiger partial charge in [-0.2, -0.15) is 0 Å². The SMILES string of the molecule is CCCCOc1cccc([C@H]2/C(=C(\O)c3ccc4c(c3)OCCO4)C(=O)C(=O)N2c2nc3ccc(Cl)cc3s2)c1. The molecular weight excluding hydrogens is 552 g/mol. The molecule has 0 unspecified atom stereocenters. The Morgan fingerprint density at radius 2 is 1.93 bits per heavy atom. The van der Waals surface area contributed by atoms with Gasteiger partial charge in [-0.25, -0.2) is 4.98 Å². The van der Waals surface area contributed by atoms with E-state index in [1.807, 2.05) is 6.07 Å². The van der Waals surface area contributed by atoms with E-state index in [-0.39, 0.29) is 11.3 Å². The Kier molecular flexibility index (Phi) is 7.08. The number of fused-ring (bicyclic) bond motifs is 2. The van der Waals surface area contributed by atoms with Gasteiger partial charge < -0.3 is 19.3 Å². The number of halogens is 1. The van der Waals surface area contributed by atoms with Crippen molar-refractivity contribution in [3.8, 4) is 17.2 Å². The minimum atomic E-state index is -0.945. The van der Waals surface area contributed by atoms with E-state index in [0.29, 0.717) is 63.9 Å². The molecule has 1 saturated heterocycles. The maximum atomic E-state index is 13.6. The fourth-order valence-corrected chi connectivity index (χ4v) is 6.06. The van der Waals surface area contributed by atoms with Gasteiger partial charge in [-0.3, -0.25) is 14.5 Å².